The van der Waals surface area contributed by atoms with E-state index in [1.807, 2.05) is 24.7 Å². The van der Waals surface area contributed by atoms with Gasteiger partial charge in [0.1, 0.15) is 11.6 Å². The molecule has 0 aliphatic rings. The van der Waals surface area contributed by atoms with E-state index in [4.69, 9.17) is 4.74 Å². The van der Waals surface area contributed by atoms with Gasteiger partial charge in [0.2, 0.25) is 5.88 Å². The quantitative estimate of drug-likeness (QED) is 0.882. The highest BCUT2D eigenvalue weighted by atomic mass is 32.1. The van der Waals surface area contributed by atoms with Crippen LogP contribution in [-0.2, 0) is 6.54 Å². The van der Waals surface area contributed by atoms with Gasteiger partial charge in [-0.15, -0.1) is 11.3 Å². The van der Waals surface area contributed by atoms with E-state index in [0.29, 0.717) is 24.9 Å². The van der Waals surface area contributed by atoms with Crippen molar-refractivity contribution in [3.05, 3.63) is 28.5 Å². The van der Waals surface area contributed by atoms with Gasteiger partial charge < -0.3 is 10.1 Å². The second-order valence-electron chi connectivity index (χ2n) is 3.40. The van der Waals surface area contributed by atoms with E-state index in [0.717, 1.165) is 11.5 Å². The van der Waals surface area contributed by atoms with Crippen molar-refractivity contribution >= 4 is 17.2 Å². The van der Waals surface area contributed by atoms with Crippen LogP contribution in [0.5, 0.6) is 5.88 Å². The molecule has 2 heterocycles. The minimum atomic E-state index is 0.598. The normalized spacial score (nSPS) is 10.2. The van der Waals surface area contributed by atoms with Crippen LogP contribution in [-0.4, -0.2) is 21.6 Å². The van der Waals surface area contributed by atoms with E-state index in [1.54, 1.807) is 17.4 Å². The molecule has 0 fully saturated rings. The van der Waals surface area contributed by atoms with Crippen molar-refractivity contribution < 1.29 is 4.74 Å². The van der Waals surface area contributed by atoms with Gasteiger partial charge in [-0.1, -0.05) is 0 Å². The van der Waals surface area contributed by atoms with Gasteiger partial charge in [-0.25, -0.2) is 9.97 Å². The van der Waals surface area contributed by atoms with Crippen LogP contribution in [0.25, 0.3) is 0 Å². The Balaban J connectivity index is 2.04. The van der Waals surface area contributed by atoms with Crippen LogP contribution >= 0.6 is 11.3 Å². The molecule has 17 heavy (non-hydrogen) atoms. The zero-order valence-electron chi connectivity index (χ0n) is 9.80. The number of aryl methyl sites for hydroxylation is 1. The van der Waals surface area contributed by atoms with Crippen LogP contribution in [0.1, 0.15) is 18.4 Å². The topological polar surface area (TPSA) is 59.9 Å². The molecule has 0 atom stereocenters. The fourth-order valence-electron chi connectivity index (χ4n) is 1.36. The molecule has 0 bridgehead atoms. The van der Waals surface area contributed by atoms with Gasteiger partial charge in [-0.2, -0.15) is 4.98 Å². The zero-order chi connectivity index (χ0) is 12.1. The lowest BCUT2D eigenvalue weighted by atomic mass is 10.4. The first kappa shape index (κ1) is 11.8. The first-order valence-electron chi connectivity index (χ1n) is 5.37. The second-order valence-corrected chi connectivity index (χ2v) is 4.12. The molecule has 0 radical (unpaired) electrons. The van der Waals surface area contributed by atoms with Gasteiger partial charge in [-0.3, -0.25) is 0 Å². The monoisotopic (exact) mass is 250 g/mol. The van der Waals surface area contributed by atoms with Gasteiger partial charge in [0.25, 0.3) is 0 Å². The third-order valence-electron chi connectivity index (χ3n) is 2.04. The highest BCUT2D eigenvalue weighted by Gasteiger charge is 2.02. The van der Waals surface area contributed by atoms with Crippen molar-refractivity contribution in [1.82, 2.24) is 15.0 Å². The lowest BCUT2D eigenvalue weighted by molar-refractivity contribution is 0.325. The molecule has 6 heteroatoms. The summed E-state index contributed by atoms with van der Waals surface area (Å²) in [7, 11) is 0. The summed E-state index contributed by atoms with van der Waals surface area (Å²) in [5.74, 6) is 2.05. The molecule has 0 unspecified atom stereocenters. The fraction of sp³-hybridized carbons (Fsp3) is 0.364. The largest absolute Gasteiger partial charge is 0.478 e. The summed E-state index contributed by atoms with van der Waals surface area (Å²) >= 11 is 1.58. The van der Waals surface area contributed by atoms with E-state index < -0.39 is 0 Å². The Labute approximate surface area is 104 Å². The van der Waals surface area contributed by atoms with Crippen LogP contribution in [0.4, 0.5) is 5.82 Å². The van der Waals surface area contributed by atoms with Gasteiger partial charge in [0.05, 0.1) is 24.4 Å². The van der Waals surface area contributed by atoms with Crippen LogP contribution in [0.15, 0.2) is 17.0 Å². The number of rotatable bonds is 5. The van der Waals surface area contributed by atoms with Gasteiger partial charge >= 0.3 is 0 Å². The Morgan fingerprint density at radius 2 is 2.29 bits per heavy atom. The number of anilines is 1. The van der Waals surface area contributed by atoms with Crippen molar-refractivity contribution in [2.75, 3.05) is 11.9 Å². The SMILES string of the molecule is CCOc1cc(NCc2cscn2)nc(C)n1. The minimum absolute atomic E-state index is 0.598. The molecular formula is C11H14N4OS. The molecule has 0 aromatic carbocycles. The molecule has 5 nitrogen and oxygen atoms in total. The third kappa shape index (κ3) is 3.39. The average Bonchev–Trinajstić information content (AvgIpc) is 2.79. The number of nitrogens with zero attached hydrogens (tertiary/aromatic N) is 3. The number of hydrogen-bond acceptors (Lipinski definition) is 6. The van der Waals surface area contributed by atoms with E-state index in [9.17, 15) is 0 Å². The maximum absolute atomic E-state index is 5.36. The molecule has 2 rings (SSSR count). The summed E-state index contributed by atoms with van der Waals surface area (Å²) in [5.41, 5.74) is 2.82. The van der Waals surface area contributed by atoms with Crippen LogP contribution in [0, 0.1) is 6.92 Å². The summed E-state index contributed by atoms with van der Waals surface area (Å²) in [4.78, 5) is 12.7. The van der Waals surface area contributed by atoms with E-state index >= 15 is 0 Å². The van der Waals surface area contributed by atoms with Crippen molar-refractivity contribution in [3.63, 3.8) is 0 Å². The Kier molecular flexibility index (Phi) is 3.87. The highest BCUT2D eigenvalue weighted by molar-refractivity contribution is 7.07. The Hall–Kier alpha value is -1.69. The number of nitrogens with one attached hydrogen (secondary N) is 1. The van der Waals surface area contributed by atoms with E-state index in [2.05, 4.69) is 20.3 Å². The standard InChI is InChI=1S/C11H14N4OS/c1-3-16-11-4-10(14-8(2)15-11)12-5-9-6-17-7-13-9/h4,6-7H,3,5H2,1-2H3,(H,12,14,15). The second kappa shape index (κ2) is 5.58. The first-order chi connectivity index (χ1) is 8.28. The average molecular weight is 250 g/mol. The predicted molar refractivity (Wildman–Crippen MR) is 67.4 cm³/mol. The molecule has 0 saturated carbocycles. The molecule has 1 N–H and O–H groups in total. The Bertz CT molecular complexity index is 472. The smallest absolute Gasteiger partial charge is 0.218 e. The molecule has 2 aromatic heterocycles. The van der Waals surface area contributed by atoms with Crippen LogP contribution in [0.3, 0.4) is 0 Å². The maximum Gasteiger partial charge on any atom is 0.218 e. The maximum atomic E-state index is 5.36. The van der Waals surface area contributed by atoms with Crippen molar-refractivity contribution in [2.24, 2.45) is 0 Å². The molecule has 0 aliphatic carbocycles. The Morgan fingerprint density at radius 3 is 3.00 bits per heavy atom. The number of thiazole rings is 1. The summed E-state index contributed by atoms with van der Waals surface area (Å²) in [6.07, 6.45) is 0. The van der Waals surface area contributed by atoms with Crippen molar-refractivity contribution in [3.8, 4) is 5.88 Å². The van der Waals surface area contributed by atoms with Crippen molar-refractivity contribution in [1.29, 1.82) is 0 Å². The first-order valence-corrected chi connectivity index (χ1v) is 6.31. The summed E-state index contributed by atoms with van der Waals surface area (Å²) in [5, 5.41) is 5.20. The molecule has 2 aromatic rings. The highest BCUT2D eigenvalue weighted by Crippen LogP contribution is 2.14. The minimum Gasteiger partial charge on any atom is -0.478 e. The number of aromatic nitrogens is 3. The lowest BCUT2D eigenvalue weighted by Crippen LogP contribution is -2.05. The summed E-state index contributed by atoms with van der Waals surface area (Å²) in [6.45, 7) is 5.03. The molecule has 0 spiro atoms. The van der Waals surface area contributed by atoms with Gasteiger partial charge in [-0.05, 0) is 13.8 Å². The molecule has 0 amide bonds. The van der Waals surface area contributed by atoms with Crippen molar-refractivity contribution in [2.45, 2.75) is 20.4 Å². The third-order valence-corrected chi connectivity index (χ3v) is 2.68. The van der Waals surface area contributed by atoms with Gasteiger partial charge in [0.15, 0.2) is 0 Å². The summed E-state index contributed by atoms with van der Waals surface area (Å²) < 4.78 is 5.36. The zero-order valence-corrected chi connectivity index (χ0v) is 10.6. The molecular weight excluding hydrogens is 236 g/mol. The van der Waals surface area contributed by atoms with Crippen LogP contribution < -0.4 is 10.1 Å². The molecule has 0 aliphatic heterocycles. The fourth-order valence-corrected chi connectivity index (χ4v) is 1.92. The van der Waals surface area contributed by atoms with E-state index in [-0.39, 0.29) is 0 Å². The molecule has 0 saturated heterocycles. The van der Waals surface area contributed by atoms with E-state index in [1.165, 1.54) is 0 Å². The summed E-state index contributed by atoms with van der Waals surface area (Å²) in [6, 6.07) is 1.79. The number of ether oxygens (including phenoxy) is 1. The van der Waals surface area contributed by atoms with Gasteiger partial charge in [0, 0.05) is 11.4 Å². The van der Waals surface area contributed by atoms with Crippen LogP contribution in [0.2, 0.25) is 0 Å². The number of hydrogen-bond donors (Lipinski definition) is 1. The lowest BCUT2D eigenvalue weighted by Gasteiger charge is -2.07. The predicted octanol–water partition coefficient (Wildman–Crippen LogP) is 2.25. The molecule has 90 valence electrons. The Morgan fingerprint density at radius 1 is 1.41 bits per heavy atom.